The Bertz CT molecular complexity index is 502. The van der Waals surface area contributed by atoms with Crippen LogP contribution in [0.15, 0.2) is 18.2 Å². The fourth-order valence-corrected chi connectivity index (χ4v) is 1.82. The van der Waals surface area contributed by atoms with Crippen molar-refractivity contribution in [3.63, 3.8) is 0 Å². The van der Waals surface area contributed by atoms with E-state index in [9.17, 15) is 9.59 Å². The fourth-order valence-electron chi connectivity index (χ4n) is 1.82. The molecule has 0 heterocycles. The number of amides is 1. The fraction of sp³-hybridized carbons (Fsp3) is 0.467. The molecular formula is C15H22N2O4. The standard InChI is InChI=1S/C15H22N2O4/c1-11-5-6-13(20-3)12(9-11)16-14(18)10-17(2)8-7-15(19)21-4/h5-6,9H,7-8,10H2,1-4H3,(H,16,18). The summed E-state index contributed by atoms with van der Waals surface area (Å²) in [5.74, 6) is 0.167. The number of methoxy groups -OCH3 is 2. The van der Waals surface area contributed by atoms with Crippen LogP contribution >= 0.6 is 0 Å². The minimum atomic E-state index is -0.289. The van der Waals surface area contributed by atoms with E-state index in [0.29, 0.717) is 18.0 Å². The lowest BCUT2D eigenvalue weighted by atomic mass is 10.2. The third-order valence-electron chi connectivity index (χ3n) is 2.97. The Hall–Kier alpha value is -2.08. The maximum atomic E-state index is 12.0. The molecule has 0 unspecified atom stereocenters. The lowest BCUT2D eigenvalue weighted by molar-refractivity contribution is -0.141. The first-order valence-corrected chi connectivity index (χ1v) is 6.66. The maximum Gasteiger partial charge on any atom is 0.306 e. The molecule has 0 fully saturated rings. The van der Waals surface area contributed by atoms with Gasteiger partial charge in [-0.3, -0.25) is 14.5 Å². The first-order valence-electron chi connectivity index (χ1n) is 6.66. The van der Waals surface area contributed by atoms with E-state index in [-0.39, 0.29) is 24.8 Å². The van der Waals surface area contributed by atoms with Crippen LogP contribution in [0.2, 0.25) is 0 Å². The summed E-state index contributed by atoms with van der Waals surface area (Å²) in [6, 6.07) is 5.58. The number of nitrogens with one attached hydrogen (secondary N) is 1. The Morgan fingerprint density at radius 1 is 1.29 bits per heavy atom. The minimum absolute atomic E-state index is 0.161. The molecule has 1 aromatic carbocycles. The van der Waals surface area contributed by atoms with Crippen LogP contribution in [0.4, 0.5) is 5.69 Å². The molecule has 1 N–H and O–H groups in total. The SMILES string of the molecule is COC(=O)CCN(C)CC(=O)Nc1cc(C)ccc1OC. The number of carbonyl (C=O) groups is 2. The zero-order valence-corrected chi connectivity index (χ0v) is 12.9. The summed E-state index contributed by atoms with van der Waals surface area (Å²) in [7, 11) is 4.68. The van der Waals surface area contributed by atoms with E-state index in [2.05, 4.69) is 10.1 Å². The molecule has 0 saturated heterocycles. The zero-order chi connectivity index (χ0) is 15.8. The zero-order valence-electron chi connectivity index (χ0n) is 12.9. The van der Waals surface area contributed by atoms with Gasteiger partial charge in [0.2, 0.25) is 5.91 Å². The van der Waals surface area contributed by atoms with Gasteiger partial charge in [0.05, 0.1) is 32.9 Å². The lowest BCUT2D eigenvalue weighted by Gasteiger charge is -2.16. The summed E-state index contributed by atoms with van der Waals surface area (Å²) in [5, 5.41) is 2.81. The Labute approximate surface area is 125 Å². The van der Waals surface area contributed by atoms with Crippen molar-refractivity contribution in [3.05, 3.63) is 23.8 Å². The third-order valence-corrected chi connectivity index (χ3v) is 2.97. The monoisotopic (exact) mass is 294 g/mol. The molecule has 116 valence electrons. The molecule has 21 heavy (non-hydrogen) atoms. The number of ether oxygens (including phenoxy) is 2. The number of nitrogens with zero attached hydrogens (tertiary/aromatic N) is 1. The smallest absolute Gasteiger partial charge is 0.306 e. The van der Waals surface area contributed by atoms with Gasteiger partial charge in [-0.05, 0) is 31.7 Å². The topological polar surface area (TPSA) is 67.9 Å². The van der Waals surface area contributed by atoms with Gasteiger partial charge in [0.25, 0.3) is 0 Å². The van der Waals surface area contributed by atoms with Gasteiger partial charge in [0.15, 0.2) is 0 Å². The highest BCUT2D eigenvalue weighted by atomic mass is 16.5. The van der Waals surface area contributed by atoms with E-state index < -0.39 is 0 Å². The van der Waals surface area contributed by atoms with E-state index in [1.165, 1.54) is 7.11 Å². The second-order valence-electron chi connectivity index (χ2n) is 4.82. The van der Waals surface area contributed by atoms with Gasteiger partial charge in [-0.25, -0.2) is 0 Å². The predicted octanol–water partition coefficient (Wildman–Crippen LogP) is 1.44. The van der Waals surface area contributed by atoms with Crippen LogP contribution in [0.25, 0.3) is 0 Å². The number of carbonyl (C=O) groups excluding carboxylic acids is 2. The van der Waals surface area contributed by atoms with Gasteiger partial charge >= 0.3 is 5.97 Å². The van der Waals surface area contributed by atoms with Crippen LogP contribution in [0, 0.1) is 6.92 Å². The average molecular weight is 294 g/mol. The second kappa shape index (κ2) is 8.26. The predicted molar refractivity (Wildman–Crippen MR) is 80.5 cm³/mol. The van der Waals surface area contributed by atoms with Crippen LogP contribution in [0.3, 0.4) is 0 Å². The van der Waals surface area contributed by atoms with Crippen molar-refractivity contribution < 1.29 is 19.1 Å². The van der Waals surface area contributed by atoms with E-state index in [0.717, 1.165) is 5.56 Å². The minimum Gasteiger partial charge on any atom is -0.495 e. The normalized spacial score (nSPS) is 10.3. The largest absolute Gasteiger partial charge is 0.495 e. The van der Waals surface area contributed by atoms with Gasteiger partial charge in [0, 0.05) is 6.54 Å². The summed E-state index contributed by atoms with van der Waals surface area (Å²) in [6.07, 6.45) is 0.258. The van der Waals surface area contributed by atoms with Crippen LogP contribution in [0.1, 0.15) is 12.0 Å². The number of esters is 1. The number of rotatable bonds is 7. The molecule has 0 radical (unpaired) electrons. The van der Waals surface area contributed by atoms with E-state index in [1.54, 1.807) is 19.1 Å². The van der Waals surface area contributed by atoms with Gasteiger partial charge in [0.1, 0.15) is 5.75 Å². The van der Waals surface area contributed by atoms with Crippen molar-refractivity contribution in [3.8, 4) is 5.75 Å². The van der Waals surface area contributed by atoms with Gasteiger partial charge in [-0.15, -0.1) is 0 Å². The van der Waals surface area contributed by atoms with Crippen molar-refractivity contribution in [2.45, 2.75) is 13.3 Å². The van der Waals surface area contributed by atoms with E-state index >= 15 is 0 Å². The molecule has 0 aromatic heterocycles. The summed E-state index contributed by atoms with van der Waals surface area (Å²) in [5.41, 5.74) is 1.68. The Morgan fingerprint density at radius 2 is 2.00 bits per heavy atom. The summed E-state index contributed by atoms with van der Waals surface area (Å²) in [6.45, 7) is 2.59. The van der Waals surface area contributed by atoms with Gasteiger partial charge in [-0.2, -0.15) is 0 Å². The van der Waals surface area contributed by atoms with Crippen molar-refractivity contribution in [1.29, 1.82) is 0 Å². The molecule has 0 saturated carbocycles. The Kier molecular flexibility index (Phi) is 6.68. The molecule has 0 aliphatic carbocycles. The number of likely N-dealkylation sites (N-methyl/N-ethyl adjacent to an activating group) is 1. The molecule has 0 spiro atoms. The summed E-state index contributed by atoms with van der Waals surface area (Å²) >= 11 is 0. The second-order valence-corrected chi connectivity index (χ2v) is 4.82. The molecule has 0 aliphatic rings. The number of anilines is 1. The third kappa shape index (κ3) is 5.83. The van der Waals surface area contributed by atoms with E-state index in [1.807, 2.05) is 25.1 Å². The molecule has 6 nitrogen and oxygen atoms in total. The first-order chi connectivity index (χ1) is 9.96. The molecule has 1 aromatic rings. The van der Waals surface area contributed by atoms with Crippen LogP contribution < -0.4 is 10.1 Å². The van der Waals surface area contributed by atoms with E-state index in [4.69, 9.17) is 4.74 Å². The highest BCUT2D eigenvalue weighted by molar-refractivity contribution is 5.93. The average Bonchev–Trinajstić information content (AvgIpc) is 2.44. The molecule has 1 amide bonds. The molecule has 1 rings (SSSR count). The number of hydrogen-bond acceptors (Lipinski definition) is 5. The Balaban J connectivity index is 2.53. The highest BCUT2D eigenvalue weighted by Crippen LogP contribution is 2.24. The molecular weight excluding hydrogens is 272 g/mol. The maximum absolute atomic E-state index is 12.0. The van der Waals surface area contributed by atoms with Crippen LogP contribution in [-0.2, 0) is 14.3 Å². The molecule has 0 atom stereocenters. The van der Waals surface area contributed by atoms with Crippen LogP contribution in [-0.4, -0.2) is 51.1 Å². The highest BCUT2D eigenvalue weighted by Gasteiger charge is 2.11. The van der Waals surface area contributed by atoms with Gasteiger partial charge < -0.3 is 14.8 Å². The molecule has 6 heteroatoms. The van der Waals surface area contributed by atoms with Crippen molar-refractivity contribution in [2.75, 3.05) is 39.7 Å². The quantitative estimate of drug-likeness (QED) is 0.771. The summed E-state index contributed by atoms with van der Waals surface area (Å²) < 4.78 is 9.77. The first kappa shape index (κ1) is 17.0. The molecule has 0 aliphatic heterocycles. The van der Waals surface area contributed by atoms with Crippen molar-refractivity contribution >= 4 is 17.6 Å². The number of aryl methyl sites for hydroxylation is 1. The number of hydrogen-bond donors (Lipinski definition) is 1. The van der Waals surface area contributed by atoms with Crippen LogP contribution in [0.5, 0.6) is 5.75 Å². The lowest BCUT2D eigenvalue weighted by Crippen LogP contribution is -2.32. The summed E-state index contributed by atoms with van der Waals surface area (Å²) in [4.78, 5) is 24.8. The van der Waals surface area contributed by atoms with Crippen molar-refractivity contribution in [1.82, 2.24) is 4.90 Å². The molecule has 0 bridgehead atoms. The van der Waals surface area contributed by atoms with Gasteiger partial charge in [-0.1, -0.05) is 6.07 Å². The number of benzene rings is 1. The Morgan fingerprint density at radius 3 is 2.62 bits per heavy atom. The van der Waals surface area contributed by atoms with Crippen molar-refractivity contribution in [2.24, 2.45) is 0 Å².